The van der Waals surface area contributed by atoms with Crippen LogP contribution in [-0.2, 0) is 9.59 Å². The maximum Gasteiger partial charge on any atom is 0.308 e. The average Bonchev–Trinajstić information content (AvgIpc) is 1.98. The standard InChI is InChI=1S/C11H16O4/c1-6-4-7(9(12)13)8(10(14)15)11(2,3)5-6/h5,7-8H,4H2,1-3H3,(H,12,13)(H,14,15)/t7-,8+/m0/s1. The molecule has 0 aliphatic heterocycles. The lowest BCUT2D eigenvalue weighted by atomic mass is 9.65. The second-order valence-corrected chi connectivity index (χ2v) is 4.78. The van der Waals surface area contributed by atoms with Crippen LogP contribution in [0.25, 0.3) is 0 Å². The highest BCUT2D eigenvalue weighted by Gasteiger charge is 2.45. The zero-order valence-corrected chi connectivity index (χ0v) is 9.15. The van der Waals surface area contributed by atoms with Crippen LogP contribution in [-0.4, -0.2) is 22.2 Å². The highest BCUT2D eigenvalue weighted by molar-refractivity contribution is 5.81. The van der Waals surface area contributed by atoms with Gasteiger partial charge < -0.3 is 10.2 Å². The summed E-state index contributed by atoms with van der Waals surface area (Å²) in [5, 5.41) is 18.1. The predicted octanol–water partition coefficient (Wildman–Crippen LogP) is 1.76. The van der Waals surface area contributed by atoms with Crippen molar-refractivity contribution < 1.29 is 19.8 Å². The molecule has 15 heavy (non-hydrogen) atoms. The van der Waals surface area contributed by atoms with E-state index in [1.54, 1.807) is 13.8 Å². The first-order valence-electron chi connectivity index (χ1n) is 4.89. The van der Waals surface area contributed by atoms with Crippen LogP contribution in [0, 0.1) is 17.3 Å². The Bertz CT molecular complexity index is 327. The van der Waals surface area contributed by atoms with E-state index in [0.717, 1.165) is 5.57 Å². The molecule has 0 aromatic rings. The van der Waals surface area contributed by atoms with Crippen molar-refractivity contribution in [3.05, 3.63) is 11.6 Å². The average molecular weight is 212 g/mol. The molecule has 0 saturated carbocycles. The summed E-state index contributed by atoms with van der Waals surface area (Å²) in [4.78, 5) is 22.1. The van der Waals surface area contributed by atoms with E-state index in [9.17, 15) is 9.59 Å². The minimum atomic E-state index is -1.03. The van der Waals surface area contributed by atoms with E-state index in [4.69, 9.17) is 10.2 Å². The topological polar surface area (TPSA) is 74.6 Å². The second kappa shape index (κ2) is 3.68. The number of allylic oxidation sites excluding steroid dienone is 2. The fourth-order valence-electron chi connectivity index (χ4n) is 2.49. The van der Waals surface area contributed by atoms with E-state index >= 15 is 0 Å². The SMILES string of the molecule is CC1=CC(C)(C)[C@@H](C(=O)O)[C@@H](C(=O)O)C1. The first-order chi connectivity index (χ1) is 6.75. The molecular formula is C11H16O4. The van der Waals surface area contributed by atoms with Gasteiger partial charge in [0, 0.05) is 0 Å². The number of carboxylic acid groups (broad SMARTS) is 2. The molecule has 0 heterocycles. The molecule has 0 fully saturated rings. The largest absolute Gasteiger partial charge is 0.481 e. The molecule has 1 aliphatic rings. The molecule has 0 bridgehead atoms. The molecular weight excluding hydrogens is 196 g/mol. The van der Waals surface area contributed by atoms with Crippen LogP contribution in [0.1, 0.15) is 27.2 Å². The Hall–Kier alpha value is -1.32. The summed E-state index contributed by atoms with van der Waals surface area (Å²) in [6.45, 7) is 5.38. The van der Waals surface area contributed by atoms with Crippen molar-refractivity contribution in [2.45, 2.75) is 27.2 Å². The first kappa shape index (κ1) is 11.8. The summed E-state index contributed by atoms with van der Waals surface area (Å²) in [5.41, 5.74) is 0.349. The quantitative estimate of drug-likeness (QED) is 0.684. The van der Waals surface area contributed by atoms with Gasteiger partial charge in [-0.1, -0.05) is 25.5 Å². The maximum absolute atomic E-state index is 11.1. The maximum atomic E-state index is 11.1. The third-order valence-electron chi connectivity index (χ3n) is 2.95. The molecule has 0 amide bonds. The third-order valence-corrected chi connectivity index (χ3v) is 2.95. The number of aliphatic carboxylic acids is 2. The van der Waals surface area contributed by atoms with Crippen molar-refractivity contribution in [1.82, 2.24) is 0 Å². The van der Waals surface area contributed by atoms with Crippen LogP contribution < -0.4 is 0 Å². The summed E-state index contributed by atoms with van der Waals surface area (Å²) in [5.74, 6) is -3.72. The van der Waals surface area contributed by atoms with Gasteiger partial charge in [-0.3, -0.25) is 9.59 Å². The Balaban J connectivity index is 3.16. The van der Waals surface area contributed by atoms with E-state index in [-0.39, 0.29) is 0 Å². The van der Waals surface area contributed by atoms with Crippen molar-refractivity contribution in [2.24, 2.45) is 17.3 Å². The minimum absolute atomic E-state index is 0.329. The normalized spacial score (nSPS) is 29.4. The molecule has 4 nitrogen and oxygen atoms in total. The van der Waals surface area contributed by atoms with Crippen LogP contribution in [0.5, 0.6) is 0 Å². The van der Waals surface area contributed by atoms with Crippen molar-refractivity contribution in [3.8, 4) is 0 Å². The Morgan fingerprint density at radius 3 is 2.27 bits per heavy atom. The fourth-order valence-corrected chi connectivity index (χ4v) is 2.49. The molecule has 1 rings (SSSR count). The number of carbonyl (C=O) groups is 2. The summed E-state index contributed by atoms with van der Waals surface area (Å²) in [7, 11) is 0. The van der Waals surface area contributed by atoms with E-state index < -0.39 is 29.2 Å². The minimum Gasteiger partial charge on any atom is -0.481 e. The zero-order valence-electron chi connectivity index (χ0n) is 9.15. The molecule has 0 aromatic carbocycles. The van der Waals surface area contributed by atoms with Gasteiger partial charge in [-0.15, -0.1) is 0 Å². The zero-order chi connectivity index (χ0) is 11.8. The monoisotopic (exact) mass is 212 g/mol. The summed E-state index contributed by atoms with van der Waals surface area (Å²) >= 11 is 0. The molecule has 4 heteroatoms. The van der Waals surface area contributed by atoms with Crippen molar-refractivity contribution in [1.29, 1.82) is 0 Å². The smallest absolute Gasteiger partial charge is 0.308 e. The third kappa shape index (κ3) is 2.19. The number of rotatable bonds is 2. The van der Waals surface area contributed by atoms with E-state index in [0.29, 0.717) is 6.42 Å². The lowest BCUT2D eigenvalue weighted by Crippen LogP contribution is -2.42. The molecule has 0 radical (unpaired) electrons. The summed E-state index contributed by atoms with van der Waals surface area (Å²) in [6.07, 6.45) is 2.20. The van der Waals surface area contributed by atoms with Crippen LogP contribution in [0.3, 0.4) is 0 Å². The number of carboxylic acids is 2. The second-order valence-electron chi connectivity index (χ2n) is 4.78. The van der Waals surface area contributed by atoms with Crippen LogP contribution in [0.15, 0.2) is 11.6 Å². The molecule has 0 aromatic heterocycles. The van der Waals surface area contributed by atoms with Gasteiger partial charge in [0.15, 0.2) is 0 Å². The van der Waals surface area contributed by atoms with Gasteiger partial charge in [0.1, 0.15) is 0 Å². The molecule has 0 spiro atoms. The lowest BCUT2D eigenvalue weighted by Gasteiger charge is -2.37. The van der Waals surface area contributed by atoms with Crippen LogP contribution in [0.2, 0.25) is 0 Å². The van der Waals surface area contributed by atoms with E-state index in [1.807, 2.05) is 13.0 Å². The van der Waals surface area contributed by atoms with E-state index in [2.05, 4.69) is 0 Å². The Kier molecular flexibility index (Phi) is 2.88. The molecule has 0 saturated heterocycles. The molecule has 0 unspecified atom stereocenters. The van der Waals surface area contributed by atoms with Gasteiger partial charge in [-0.25, -0.2) is 0 Å². The Morgan fingerprint density at radius 2 is 1.87 bits per heavy atom. The highest BCUT2D eigenvalue weighted by atomic mass is 16.4. The van der Waals surface area contributed by atoms with Gasteiger partial charge in [-0.05, 0) is 18.8 Å². The molecule has 2 atom stereocenters. The fraction of sp³-hybridized carbons (Fsp3) is 0.636. The van der Waals surface area contributed by atoms with E-state index in [1.165, 1.54) is 0 Å². The molecule has 2 N–H and O–H groups in total. The van der Waals surface area contributed by atoms with Crippen LogP contribution in [0.4, 0.5) is 0 Å². The molecule has 84 valence electrons. The van der Waals surface area contributed by atoms with Gasteiger partial charge in [0.25, 0.3) is 0 Å². The van der Waals surface area contributed by atoms with Gasteiger partial charge in [-0.2, -0.15) is 0 Å². The summed E-state index contributed by atoms with van der Waals surface area (Å²) in [6, 6.07) is 0. The Morgan fingerprint density at radius 1 is 1.33 bits per heavy atom. The van der Waals surface area contributed by atoms with Gasteiger partial charge in [0.05, 0.1) is 11.8 Å². The molecule has 1 aliphatic carbocycles. The van der Waals surface area contributed by atoms with Crippen molar-refractivity contribution in [3.63, 3.8) is 0 Å². The van der Waals surface area contributed by atoms with Crippen molar-refractivity contribution in [2.75, 3.05) is 0 Å². The van der Waals surface area contributed by atoms with Crippen molar-refractivity contribution >= 4 is 11.9 Å². The number of hydrogen-bond donors (Lipinski definition) is 2. The van der Waals surface area contributed by atoms with Gasteiger partial charge in [0.2, 0.25) is 0 Å². The summed E-state index contributed by atoms with van der Waals surface area (Å²) < 4.78 is 0. The first-order valence-corrected chi connectivity index (χ1v) is 4.89. The van der Waals surface area contributed by atoms with Crippen LogP contribution >= 0.6 is 0 Å². The lowest BCUT2D eigenvalue weighted by molar-refractivity contribution is -0.158. The Labute approximate surface area is 88.6 Å². The predicted molar refractivity (Wildman–Crippen MR) is 54.4 cm³/mol. The number of hydrogen-bond acceptors (Lipinski definition) is 2. The van der Waals surface area contributed by atoms with Gasteiger partial charge >= 0.3 is 11.9 Å². The highest BCUT2D eigenvalue weighted by Crippen LogP contribution is 2.42.